The third-order valence-corrected chi connectivity index (χ3v) is 4.20. The average Bonchev–Trinajstić information content (AvgIpc) is 2.95. The van der Waals surface area contributed by atoms with Gasteiger partial charge in [0, 0.05) is 11.8 Å². The van der Waals surface area contributed by atoms with Crippen molar-refractivity contribution >= 4 is 28.9 Å². The van der Waals surface area contributed by atoms with Crippen LogP contribution in [0.25, 0.3) is 11.1 Å². The Kier molecular flexibility index (Phi) is 2.74. The smallest absolute Gasteiger partial charge is 0.295 e. The van der Waals surface area contributed by atoms with Gasteiger partial charge in [0.15, 0.2) is 5.58 Å². The Morgan fingerprint density at radius 2 is 2.38 bits per heavy atom. The quantitative estimate of drug-likeness (QED) is 0.885. The van der Waals surface area contributed by atoms with E-state index in [-0.39, 0.29) is 0 Å². The Balaban J connectivity index is 1.69. The maximum Gasteiger partial charge on any atom is 0.295 e. The van der Waals surface area contributed by atoms with Crippen molar-refractivity contribution in [2.75, 3.05) is 17.6 Å². The molecule has 0 radical (unpaired) electrons. The lowest BCUT2D eigenvalue weighted by atomic mass is 10.2. The SMILES string of the molecule is c1ccc2oc(NCC3CCCS3)nc2c1. The van der Waals surface area contributed by atoms with Crippen molar-refractivity contribution in [3.05, 3.63) is 24.3 Å². The van der Waals surface area contributed by atoms with Gasteiger partial charge < -0.3 is 9.73 Å². The molecule has 1 aliphatic rings. The highest BCUT2D eigenvalue weighted by Gasteiger charge is 2.16. The first kappa shape index (κ1) is 10.0. The first-order chi connectivity index (χ1) is 7.92. The maximum atomic E-state index is 5.60. The summed E-state index contributed by atoms with van der Waals surface area (Å²) in [5.41, 5.74) is 1.77. The van der Waals surface area contributed by atoms with Gasteiger partial charge >= 0.3 is 0 Å². The molecule has 0 bridgehead atoms. The first-order valence-electron chi connectivity index (χ1n) is 5.63. The monoisotopic (exact) mass is 234 g/mol. The second-order valence-corrected chi connectivity index (χ2v) is 5.41. The van der Waals surface area contributed by atoms with E-state index < -0.39 is 0 Å². The molecule has 1 aromatic carbocycles. The highest BCUT2D eigenvalue weighted by molar-refractivity contribution is 8.00. The Labute approximate surface area is 98.6 Å². The Bertz CT molecular complexity index is 444. The molecule has 2 heterocycles. The molecule has 16 heavy (non-hydrogen) atoms. The molecule has 3 nitrogen and oxygen atoms in total. The molecule has 1 aliphatic heterocycles. The van der Waals surface area contributed by atoms with E-state index in [1.54, 1.807) is 0 Å². The van der Waals surface area contributed by atoms with Crippen LogP contribution >= 0.6 is 11.8 Å². The van der Waals surface area contributed by atoms with Crippen molar-refractivity contribution in [2.24, 2.45) is 0 Å². The molecular weight excluding hydrogens is 220 g/mol. The van der Waals surface area contributed by atoms with Gasteiger partial charge in [-0.1, -0.05) is 12.1 Å². The highest BCUT2D eigenvalue weighted by Crippen LogP contribution is 2.26. The second-order valence-electron chi connectivity index (χ2n) is 4.00. The summed E-state index contributed by atoms with van der Waals surface area (Å²) in [6.45, 7) is 0.956. The number of oxazole rings is 1. The Hall–Kier alpha value is -1.16. The van der Waals surface area contributed by atoms with Crippen molar-refractivity contribution in [2.45, 2.75) is 18.1 Å². The minimum Gasteiger partial charge on any atom is -0.424 e. The molecule has 0 spiro atoms. The second kappa shape index (κ2) is 4.37. The topological polar surface area (TPSA) is 38.1 Å². The van der Waals surface area contributed by atoms with Crippen LogP contribution in [0.15, 0.2) is 28.7 Å². The number of nitrogens with one attached hydrogen (secondary N) is 1. The lowest BCUT2D eigenvalue weighted by molar-refractivity contribution is 0.612. The molecule has 1 N–H and O–H groups in total. The van der Waals surface area contributed by atoms with Crippen molar-refractivity contribution in [1.29, 1.82) is 0 Å². The number of benzene rings is 1. The van der Waals surface area contributed by atoms with E-state index in [1.165, 1.54) is 18.6 Å². The number of nitrogens with zero attached hydrogens (tertiary/aromatic N) is 1. The highest BCUT2D eigenvalue weighted by atomic mass is 32.2. The normalized spacial score (nSPS) is 20.4. The molecule has 3 rings (SSSR count). The Morgan fingerprint density at radius 1 is 1.44 bits per heavy atom. The summed E-state index contributed by atoms with van der Waals surface area (Å²) < 4.78 is 5.60. The summed E-state index contributed by atoms with van der Waals surface area (Å²) in [6, 6.07) is 8.49. The maximum absolute atomic E-state index is 5.60. The standard InChI is InChI=1S/C12H14N2OS/c1-2-6-11-10(5-1)14-12(15-11)13-8-9-4-3-7-16-9/h1-2,5-6,9H,3-4,7-8H2,(H,13,14). The zero-order chi connectivity index (χ0) is 10.8. The molecule has 1 fully saturated rings. The van der Waals surface area contributed by atoms with Crippen LogP contribution < -0.4 is 5.32 Å². The number of thioether (sulfide) groups is 1. The Morgan fingerprint density at radius 3 is 3.19 bits per heavy atom. The molecule has 0 saturated carbocycles. The number of hydrogen-bond donors (Lipinski definition) is 1. The predicted octanol–water partition coefficient (Wildman–Crippen LogP) is 3.14. The van der Waals surface area contributed by atoms with Crippen LogP contribution in [-0.4, -0.2) is 22.5 Å². The number of para-hydroxylation sites is 2. The number of fused-ring (bicyclic) bond motifs is 1. The third kappa shape index (κ3) is 2.02. The van der Waals surface area contributed by atoms with Crippen LogP contribution in [0.4, 0.5) is 6.01 Å². The number of aromatic nitrogens is 1. The molecular formula is C12H14N2OS. The van der Waals surface area contributed by atoms with Gasteiger partial charge in [0.2, 0.25) is 0 Å². The van der Waals surface area contributed by atoms with E-state index in [0.29, 0.717) is 6.01 Å². The van der Waals surface area contributed by atoms with Gasteiger partial charge in [-0.15, -0.1) is 0 Å². The van der Waals surface area contributed by atoms with E-state index in [2.05, 4.69) is 10.3 Å². The largest absolute Gasteiger partial charge is 0.424 e. The van der Waals surface area contributed by atoms with Crippen LogP contribution in [0.2, 0.25) is 0 Å². The third-order valence-electron chi connectivity index (χ3n) is 2.80. The molecule has 0 amide bonds. The van der Waals surface area contributed by atoms with Gasteiger partial charge in [0.05, 0.1) is 0 Å². The molecule has 84 valence electrons. The van der Waals surface area contributed by atoms with Crippen LogP contribution in [0, 0.1) is 0 Å². The zero-order valence-corrected chi connectivity index (χ0v) is 9.80. The van der Waals surface area contributed by atoms with Crippen LogP contribution in [0.3, 0.4) is 0 Å². The van der Waals surface area contributed by atoms with E-state index in [4.69, 9.17) is 4.42 Å². The minimum absolute atomic E-state index is 0.647. The van der Waals surface area contributed by atoms with Gasteiger partial charge in [0.25, 0.3) is 6.01 Å². The van der Waals surface area contributed by atoms with Gasteiger partial charge in [0.1, 0.15) is 5.52 Å². The lowest BCUT2D eigenvalue weighted by Crippen LogP contribution is -2.13. The van der Waals surface area contributed by atoms with E-state index in [9.17, 15) is 0 Å². The van der Waals surface area contributed by atoms with Gasteiger partial charge in [-0.05, 0) is 30.7 Å². The summed E-state index contributed by atoms with van der Waals surface area (Å²) in [6.07, 6.45) is 2.64. The number of rotatable bonds is 3. The predicted molar refractivity (Wildman–Crippen MR) is 68.0 cm³/mol. The summed E-state index contributed by atoms with van der Waals surface area (Å²) in [5, 5.41) is 4.00. The number of anilines is 1. The summed E-state index contributed by atoms with van der Waals surface area (Å²) in [5.74, 6) is 1.29. The minimum atomic E-state index is 0.647. The molecule has 1 aromatic heterocycles. The van der Waals surface area contributed by atoms with Gasteiger partial charge in [-0.25, -0.2) is 0 Å². The molecule has 2 aromatic rings. The lowest BCUT2D eigenvalue weighted by Gasteiger charge is -2.07. The van der Waals surface area contributed by atoms with Crippen molar-refractivity contribution in [3.63, 3.8) is 0 Å². The number of hydrogen-bond acceptors (Lipinski definition) is 4. The van der Waals surface area contributed by atoms with E-state index in [1.807, 2.05) is 36.0 Å². The summed E-state index contributed by atoms with van der Waals surface area (Å²) in [7, 11) is 0. The molecule has 0 aliphatic carbocycles. The van der Waals surface area contributed by atoms with Crippen molar-refractivity contribution < 1.29 is 4.42 Å². The summed E-state index contributed by atoms with van der Waals surface area (Å²) in [4.78, 5) is 4.39. The van der Waals surface area contributed by atoms with Gasteiger partial charge in [-0.2, -0.15) is 16.7 Å². The van der Waals surface area contributed by atoms with Crippen LogP contribution in [-0.2, 0) is 0 Å². The first-order valence-corrected chi connectivity index (χ1v) is 6.68. The van der Waals surface area contributed by atoms with Crippen molar-refractivity contribution in [1.82, 2.24) is 4.98 Å². The van der Waals surface area contributed by atoms with E-state index >= 15 is 0 Å². The molecule has 4 heteroatoms. The average molecular weight is 234 g/mol. The van der Waals surface area contributed by atoms with Gasteiger partial charge in [-0.3, -0.25) is 0 Å². The van der Waals surface area contributed by atoms with E-state index in [0.717, 1.165) is 22.9 Å². The zero-order valence-electron chi connectivity index (χ0n) is 8.98. The van der Waals surface area contributed by atoms with Crippen LogP contribution in [0.5, 0.6) is 0 Å². The fraction of sp³-hybridized carbons (Fsp3) is 0.417. The molecule has 1 atom stereocenters. The van der Waals surface area contributed by atoms with Crippen LogP contribution in [0.1, 0.15) is 12.8 Å². The summed E-state index contributed by atoms with van der Waals surface area (Å²) >= 11 is 2.04. The fourth-order valence-electron chi connectivity index (χ4n) is 1.95. The fourth-order valence-corrected chi connectivity index (χ4v) is 3.16. The molecule has 1 saturated heterocycles. The molecule has 1 unspecified atom stereocenters. The van der Waals surface area contributed by atoms with Crippen molar-refractivity contribution in [3.8, 4) is 0 Å².